The van der Waals surface area contributed by atoms with Crippen LogP contribution in [-0.2, 0) is 6.42 Å². The Balaban J connectivity index is 0.000000500. The van der Waals surface area contributed by atoms with Crippen molar-refractivity contribution in [1.29, 1.82) is 0 Å². The van der Waals surface area contributed by atoms with Gasteiger partial charge in [-0.25, -0.2) is 0 Å². The van der Waals surface area contributed by atoms with Gasteiger partial charge in [-0.1, -0.05) is 36.4 Å². The van der Waals surface area contributed by atoms with E-state index in [0.717, 1.165) is 6.42 Å². The minimum absolute atomic E-state index is 0. The number of allylic oxidation sites excluding steroid dienone is 1. The van der Waals surface area contributed by atoms with Crippen molar-refractivity contribution in [3.8, 4) is 0 Å². The highest BCUT2D eigenvalue weighted by Gasteiger charge is 2.00. The van der Waals surface area contributed by atoms with Gasteiger partial charge in [0.2, 0.25) is 0 Å². The maximum Gasteiger partial charge on any atom is -0.00882 e. The van der Waals surface area contributed by atoms with E-state index in [1.807, 2.05) is 0 Å². The summed E-state index contributed by atoms with van der Waals surface area (Å²) in [5, 5.41) is 0. The zero-order valence-electron chi connectivity index (χ0n) is 5.58. The number of fused-ring (bicyclic) bond motifs is 1. The molecule has 0 saturated carbocycles. The van der Waals surface area contributed by atoms with Gasteiger partial charge in [-0.15, -0.1) is 24.0 Å². The van der Waals surface area contributed by atoms with Crippen molar-refractivity contribution < 1.29 is 0 Å². The number of hydrogen-bond acceptors (Lipinski definition) is 0. The normalized spacial score (nSPS) is 12.4. The molecule has 1 aromatic carbocycles. The maximum atomic E-state index is 2.20. The molecule has 0 spiro atoms. The highest BCUT2D eigenvalue weighted by atomic mass is 127. The van der Waals surface area contributed by atoms with Crippen LogP contribution in [0.2, 0.25) is 0 Å². The molecule has 52 valence electrons. The maximum absolute atomic E-state index is 2.20. The molecule has 0 nitrogen and oxygen atoms in total. The standard InChI is InChI=1S/C9H8.HI/c1-2-5-9-7-3-6-8(9)4-1;/h1-6H,7H2;1H. The molecule has 1 aliphatic rings. The Bertz CT molecular complexity index is 251. The lowest BCUT2D eigenvalue weighted by Crippen LogP contribution is -1.76. The Morgan fingerprint density at radius 2 is 1.90 bits per heavy atom. The second kappa shape index (κ2) is 3.19. The molecule has 0 bridgehead atoms. The van der Waals surface area contributed by atoms with Gasteiger partial charge in [-0.05, 0) is 17.5 Å². The van der Waals surface area contributed by atoms with Crippen LogP contribution in [0.5, 0.6) is 0 Å². The molecule has 1 heteroatoms. The average molecular weight is 244 g/mol. The van der Waals surface area contributed by atoms with E-state index in [1.54, 1.807) is 0 Å². The second-order valence-corrected chi connectivity index (χ2v) is 2.31. The smallest absolute Gasteiger partial charge is 0.00882 e. The molecule has 1 aliphatic carbocycles. The Morgan fingerprint density at radius 1 is 1.10 bits per heavy atom. The molecule has 0 amide bonds. The zero-order valence-corrected chi connectivity index (χ0v) is 7.91. The van der Waals surface area contributed by atoms with Crippen molar-refractivity contribution in [2.75, 3.05) is 0 Å². The predicted molar refractivity (Wildman–Crippen MR) is 54.6 cm³/mol. The summed E-state index contributed by atoms with van der Waals surface area (Å²) in [5.74, 6) is 0. The van der Waals surface area contributed by atoms with Gasteiger partial charge in [0.1, 0.15) is 0 Å². The summed E-state index contributed by atoms with van der Waals surface area (Å²) in [4.78, 5) is 0. The van der Waals surface area contributed by atoms with E-state index in [1.165, 1.54) is 11.1 Å². The molecule has 0 fully saturated rings. The van der Waals surface area contributed by atoms with E-state index >= 15 is 0 Å². The third kappa shape index (κ3) is 1.24. The lowest BCUT2D eigenvalue weighted by Gasteiger charge is -1.93. The van der Waals surface area contributed by atoms with Crippen molar-refractivity contribution in [3.05, 3.63) is 41.5 Å². The molecule has 0 radical (unpaired) electrons. The van der Waals surface area contributed by atoms with Crippen molar-refractivity contribution in [2.45, 2.75) is 6.42 Å². The van der Waals surface area contributed by atoms with Gasteiger partial charge in [-0.3, -0.25) is 0 Å². The van der Waals surface area contributed by atoms with Gasteiger partial charge in [-0.2, -0.15) is 0 Å². The largest absolute Gasteiger partial charge is 0.107 e. The van der Waals surface area contributed by atoms with Gasteiger partial charge >= 0.3 is 0 Å². The molecule has 0 atom stereocenters. The predicted octanol–water partition coefficient (Wildman–Crippen LogP) is 2.87. The summed E-state index contributed by atoms with van der Waals surface area (Å²) in [5.41, 5.74) is 2.84. The zero-order chi connectivity index (χ0) is 6.10. The van der Waals surface area contributed by atoms with Crippen LogP contribution in [0.15, 0.2) is 30.3 Å². The highest BCUT2D eigenvalue weighted by Crippen LogP contribution is 2.17. The first kappa shape index (κ1) is 7.79. The monoisotopic (exact) mass is 244 g/mol. The first-order chi connectivity index (χ1) is 4.47. The molecular formula is C9H9I. The van der Waals surface area contributed by atoms with Gasteiger partial charge in [0.25, 0.3) is 0 Å². The van der Waals surface area contributed by atoms with E-state index in [-0.39, 0.29) is 24.0 Å². The molecule has 0 saturated heterocycles. The molecular weight excluding hydrogens is 235 g/mol. The van der Waals surface area contributed by atoms with Gasteiger partial charge in [0, 0.05) is 0 Å². The van der Waals surface area contributed by atoms with Crippen LogP contribution in [0.4, 0.5) is 0 Å². The SMILES string of the molecule is C1=Cc2ccccc2C1.I. The van der Waals surface area contributed by atoms with Crippen molar-refractivity contribution in [3.63, 3.8) is 0 Å². The van der Waals surface area contributed by atoms with E-state index in [0.29, 0.717) is 0 Å². The van der Waals surface area contributed by atoms with Crippen LogP contribution in [0.3, 0.4) is 0 Å². The molecule has 0 aromatic heterocycles. The third-order valence-electron chi connectivity index (χ3n) is 1.69. The topological polar surface area (TPSA) is 0 Å². The Labute approximate surface area is 78.0 Å². The minimum Gasteiger partial charge on any atom is -0.107 e. The molecule has 0 N–H and O–H groups in total. The summed E-state index contributed by atoms with van der Waals surface area (Å²) >= 11 is 0. The lowest BCUT2D eigenvalue weighted by molar-refractivity contribution is 1.31. The fourth-order valence-corrected chi connectivity index (χ4v) is 1.20. The van der Waals surface area contributed by atoms with Crippen LogP contribution in [-0.4, -0.2) is 0 Å². The average Bonchev–Trinajstić information content (AvgIpc) is 2.33. The van der Waals surface area contributed by atoms with Crippen molar-refractivity contribution >= 4 is 30.1 Å². The summed E-state index contributed by atoms with van der Waals surface area (Å²) in [6.07, 6.45) is 5.50. The van der Waals surface area contributed by atoms with Gasteiger partial charge in [0.05, 0.1) is 0 Å². The second-order valence-electron chi connectivity index (χ2n) is 2.31. The van der Waals surface area contributed by atoms with Crippen molar-refractivity contribution in [1.82, 2.24) is 0 Å². The molecule has 0 unspecified atom stereocenters. The summed E-state index contributed by atoms with van der Waals surface area (Å²) in [7, 11) is 0. The summed E-state index contributed by atoms with van der Waals surface area (Å²) < 4.78 is 0. The summed E-state index contributed by atoms with van der Waals surface area (Å²) in [6.45, 7) is 0. The van der Waals surface area contributed by atoms with E-state index < -0.39 is 0 Å². The Kier molecular flexibility index (Phi) is 2.49. The van der Waals surface area contributed by atoms with Crippen LogP contribution < -0.4 is 0 Å². The molecule has 1 aromatic rings. The number of halogens is 1. The molecule has 0 aliphatic heterocycles. The van der Waals surface area contributed by atoms with Crippen LogP contribution in [0, 0.1) is 0 Å². The third-order valence-corrected chi connectivity index (χ3v) is 1.69. The number of benzene rings is 1. The lowest BCUT2D eigenvalue weighted by atomic mass is 10.1. The minimum atomic E-state index is 0. The quantitative estimate of drug-likeness (QED) is 0.615. The molecule has 10 heavy (non-hydrogen) atoms. The van der Waals surface area contributed by atoms with Crippen LogP contribution >= 0.6 is 24.0 Å². The number of hydrogen-bond donors (Lipinski definition) is 0. The van der Waals surface area contributed by atoms with E-state index in [4.69, 9.17) is 0 Å². The van der Waals surface area contributed by atoms with Crippen LogP contribution in [0.25, 0.3) is 6.08 Å². The molecule has 2 rings (SSSR count). The van der Waals surface area contributed by atoms with Gasteiger partial charge in [0.15, 0.2) is 0 Å². The van der Waals surface area contributed by atoms with E-state index in [9.17, 15) is 0 Å². The first-order valence-corrected chi connectivity index (χ1v) is 3.21. The fraction of sp³-hybridized carbons (Fsp3) is 0.111. The van der Waals surface area contributed by atoms with Crippen LogP contribution in [0.1, 0.15) is 11.1 Å². The molecule has 0 heterocycles. The highest BCUT2D eigenvalue weighted by molar-refractivity contribution is 14.0. The fourth-order valence-electron chi connectivity index (χ4n) is 1.20. The van der Waals surface area contributed by atoms with E-state index in [2.05, 4.69) is 36.4 Å². The Hall–Kier alpha value is -0.310. The van der Waals surface area contributed by atoms with Gasteiger partial charge < -0.3 is 0 Å². The number of rotatable bonds is 0. The summed E-state index contributed by atoms with van der Waals surface area (Å²) in [6, 6.07) is 8.49. The first-order valence-electron chi connectivity index (χ1n) is 3.21. The Morgan fingerprint density at radius 3 is 2.70 bits per heavy atom. The van der Waals surface area contributed by atoms with Crippen molar-refractivity contribution in [2.24, 2.45) is 0 Å².